The summed E-state index contributed by atoms with van der Waals surface area (Å²) in [7, 11) is 0. The number of ether oxygens (including phenoxy) is 1. The number of hydrogen-bond acceptors (Lipinski definition) is 2. The molecule has 1 aliphatic carbocycles. The van der Waals surface area contributed by atoms with Gasteiger partial charge in [0, 0.05) is 55.2 Å². The Labute approximate surface area is 298 Å². The molecule has 0 saturated heterocycles. The fourth-order valence-corrected chi connectivity index (χ4v) is 8.88. The van der Waals surface area contributed by atoms with Crippen molar-refractivity contribution in [3.63, 3.8) is 0 Å². The largest absolute Gasteiger partial charge is 0.485 e. The van der Waals surface area contributed by atoms with Crippen molar-refractivity contribution in [2.45, 2.75) is 12.0 Å². The van der Waals surface area contributed by atoms with E-state index in [1.165, 1.54) is 54.7 Å². The maximum atomic E-state index is 6.41. The number of aromatic nitrogens is 2. The number of benzene rings is 7. The maximum Gasteiger partial charge on any atom is 0.135 e. The average Bonchev–Trinajstić information content (AvgIpc) is 3.94. The van der Waals surface area contributed by atoms with Crippen LogP contribution in [-0.4, -0.2) is 15.2 Å². The van der Waals surface area contributed by atoms with Gasteiger partial charge in [-0.25, -0.2) is 0 Å². The van der Waals surface area contributed by atoms with Gasteiger partial charge in [-0.1, -0.05) is 85.0 Å². The zero-order valence-electron chi connectivity index (χ0n) is 28.0. The van der Waals surface area contributed by atoms with Crippen LogP contribution in [0.25, 0.3) is 88.1 Å². The lowest BCUT2D eigenvalue weighted by Gasteiger charge is -2.14. The van der Waals surface area contributed by atoms with Gasteiger partial charge < -0.3 is 18.3 Å². The van der Waals surface area contributed by atoms with Crippen molar-refractivity contribution in [3.8, 4) is 28.3 Å². The van der Waals surface area contributed by atoms with Gasteiger partial charge in [0.25, 0.3) is 0 Å². The quantitative estimate of drug-likeness (QED) is 0.188. The molecule has 12 rings (SSSR count). The number of fused-ring (bicyclic) bond motifs is 12. The van der Waals surface area contributed by atoms with Gasteiger partial charge in [0.05, 0.1) is 22.1 Å². The van der Waals surface area contributed by atoms with Crippen molar-refractivity contribution >= 4 is 65.6 Å². The van der Waals surface area contributed by atoms with E-state index in [0.717, 1.165) is 44.6 Å². The Morgan fingerprint density at radius 2 is 0.962 bits per heavy atom. The molecule has 10 aromatic rings. The molecule has 244 valence electrons. The molecule has 2 aliphatic rings. The molecule has 0 N–H and O–H groups in total. The van der Waals surface area contributed by atoms with Crippen molar-refractivity contribution in [3.05, 3.63) is 175 Å². The molecule has 0 spiro atoms. The molecule has 7 aromatic carbocycles. The first-order chi connectivity index (χ1) is 25.8. The summed E-state index contributed by atoms with van der Waals surface area (Å²) in [6, 6.07) is 52.7. The van der Waals surface area contributed by atoms with Crippen LogP contribution in [-0.2, 0) is 0 Å². The maximum absolute atomic E-state index is 6.41. The number of rotatable bonds is 3. The number of para-hydroxylation sites is 3. The monoisotopic (exact) mass is 666 g/mol. The molecular formula is C48H30N2O2. The van der Waals surface area contributed by atoms with Crippen molar-refractivity contribution in [2.75, 3.05) is 0 Å². The Bertz CT molecular complexity index is 3130. The molecule has 52 heavy (non-hydrogen) atoms. The first kappa shape index (κ1) is 28.0. The molecular weight excluding hydrogens is 637 g/mol. The van der Waals surface area contributed by atoms with Crippen molar-refractivity contribution in [1.29, 1.82) is 0 Å². The minimum atomic E-state index is 0.0703. The summed E-state index contributed by atoms with van der Waals surface area (Å²) in [5, 5.41) is 7.20. The minimum Gasteiger partial charge on any atom is -0.485 e. The van der Waals surface area contributed by atoms with E-state index in [0.29, 0.717) is 0 Å². The van der Waals surface area contributed by atoms with Crippen molar-refractivity contribution < 1.29 is 9.15 Å². The predicted molar refractivity (Wildman–Crippen MR) is 213 cm³/mol. The highest BCUT2D eigenvalue weighted by Gasteiger charge is 2.32. The van der Waals surface area contributed by atoms with Gasteiger partial charge in [-0.2, -0.15) is 0 Å². The molecule has 1 aliphatic heterocycles. The number of nitrogens with zero attached hydrogens (tertiary/aromatic N) is 2. The summed E-state index contributed by atoms with van der Waals surface area (Å²) < 4.78 is 17.4. The normalized spacial score (nSPS) is 16.5. The van der Waals surface area contributed by atoms with Crippen LogP contribution in [0.1, 0.15) is 11.5 Å². The van der Waals surface area contributed by atoms with Crippen molar-refractivity contribution in [1.82, 2.24) is 9.13 Å². The lowest BCUT2D eigenvalue weighted by molar-refractivity contribution is 0.269. The van der Waals surface area contributed by atoms with E-state index in [-0.39, 0.29) is 12.0 Å². The molecule has 0 bridgehead atoms. The van der Waals surface area contributed by atoms with Crippen LogP contribution < -0.4 is 4.74 Å². The van der Waals surface area contributed by atoms with Crippen LogP contribution in [0.4, 0.5) is 0 Å². The molecule has 4 heteroatoms. The van der Waals surface area contributed by atoms with Crippen LogP contribution in [0.2, 0.25) is 0 Å². The van der Waals surface area contributed by atoms with Crippen LogP contribution in [0, 0.1) is 0 Å². The molecule has 0 radical (unpaired) electrons. The third kappa shape index (κ3) is 3.86. The van der Waals surface area contributed by atoms with E-state index in [4.69, 9.17) is 9.15 Å². The standard InChI is InChI=1S/C48H30N2O2/c1-5-13-41-33(9-1)34-10-2-6-14-42(34)49(41)32-20-24-48-40(28-32)38-26-30(18-22-46(38)52-48)29-17-21-44-37(25-29)35-11-3-7-15-43(35)50(44)31-19-23-47-39(27-31)36-12-4-8-16-45(36)51-47/h1-28,36,45H. The van der Waals surface area contributed by atoms with Gasteiger partial charge in [-0.05, 0) is 96.1 Å². The van der Waals surface area contributed by atoms with Gasteiger partial charge in [0.2, 0.25) is 0 Å². The second-order valence-electron chi connectivity index (χ2n) is 14.0. The fourth-order valence-electron chi connectivity index (χ4n) is 8.88. The van der Waals surface area contributed by atoms with Crippen LogP contribution in [0.5, 0.6) is 5.75 Å². The second-order valence-corrected chi connectivity index (χ2v) is 14.0. The van der Waals surface area contributed by atoms with E-state index >= 15 is 0 Å². The molecule has 3 aromatic heterocycles. The summed E-state index contributed by atoms with van der Waals surface area (Å²) in [5.74, 6) is 1.22. The highest BCUT2D eigenvalue weighted by Crippen LogP contribution is 2.44. The highest BCUT2D eigenvalue weighted by atomic mass is 16.5. The van der Waals surface area contributed by atoms with Crippen LogP contribution >= 0.6 is 0 Å². The van der Waals surface area contributed by atoms with Gasteiger partial charge >= 0.3 is 0 Å². The van der Waals surface area contributed by atoms with Gasteiger partial charge in [-0.3, -0.25) is 0 Å². The molecule has 2 atom stereocenters. The minimum absolute atomic E-state index is 0.0703. The zero-order valence-corrected chi connectivity index (χ0v) is 28.0. The fraction of sp³-hybridized carbons (Fsp3) is 0.0417. The van der Waals surface area contributed by atoms with E-state index in [9.17, 15) is 0 Å². The molecule has 4 nitrogen and oxygen atoms in total. The van der Waals surface area contributed by atoms with Gasteiger partial charge in [0.1, 0.15) is 23.0 Å². The lowest BCUT2D eigenvalue weighted by Crippen LogP contribution is -2.15. The Balaban J connectivity index is 1.00. The van der Waals surface area contributed by atoms with E-state index < -0.39 is 0 Å². The number of hydrogen-bond donors (Lipinski definition) is 0. The van der Waals surface area contributed by atoms with Crippen LogP contribution in [0.15, 0.2) is 174 Å². The third-order valence-electron chi connectivity index (χ3n) is 11.3. The Morgan fingerprint density at radius 1 is 0.423 bits per heavy atom. The smallest absolute Gasteiger partial charge is 0.135 e. The Kier molecular flexibility index (Phi) is 5.58. The molecule has 0 amide bonds. The molecule has 2 unspecified atom stereocenters. The van der Waals surface area contributed by atoms with Gasteiger partial charge in [-0.15, -0.1) is 0 Å². The molecule has 4 heterocycles. The third-order valence-corrected chi connectivity index (χ3v) is 11.3. The second kappa shape index (κ2) is 10.4. The van der Waals surface area contributed by atoms with Gasteiger partial charge in [0.15, 0.2) is 0 Å². The van der Waals surface area contributed by atoms with Crippen LogP contribution in [0.3, 0.4) is 0 Å². The summed E-state index contributed by atoms with van der Waals surface area (Å²) >= 11 is 0. The Hall–Kier alpha value is -6.78. The molecule has 0 fully saturated rings. The SMILES string of the molecule is C1=CC2Oc3ccc(-n4c5ccccc5c5cc(-c6ccc7oc8ccc(-n9c%10ccccc%10c%10ccccc%109)cc8c7c6)ccc54)cc3C2C=C1. The predicted octanol–water partition coefficient (Wildman–Crippen LogP) is 12.4. The Morgan fingerprint density at radius 3 is 1.69 bits per heavy atom. The molecule has 0 saturated carbocycles. The summed E-state index contributed by atoms with van der Waals surface area (Å²) in [6.45, 7) is 0. The summed E-state index contributed by atoms with van der Waals surface area (Å²) in [5.41, 5.74) is 12.4. The first-order valence-electron chi connectivity index (χ1n) is 17.9. The lowest BCUT2D eigenvalue weighted by atomic mass is 9.92. The van der Waals surface area contributed by atoms with E-state index in [1.54, 1.807) is 0 Å². The van der Waals surface area contributed by atoms with Crippen molar-refractivity contribution in [2.24, 2.45) is 0 Å². The van der Waals surface area contributed by atoms with E-state index in [1.807, 2.05) is 0 Å². The average molecular weight is 667 g/mol. The topological polar surface area (TPSA) is 32.2 Å². The summed E-state index contributed by atoms with van der Waals surface area (Å²) in [4.78, 5) is 0. The highest BCUT2D eigenvalue weighted by molar-refractivity contribution is 6.12. The zero-order chi connectivity index (χ0) is 33.9. The number of allylic oxidation sites excluding steroid dienone is 2. The first-order valence-corrected chi connectivity index (χ1v) is 17.9. The number of furan rings is 1. The summed E-state index contributed by atoms with van der Waals surface area (Å²) in [6.07, 6.45) is 8.68. The van der Waals surface area contributed by atoms with E-state index in [2.05, 4.69) is 179 Å².